The van der Waals surface area contributed by atoms with Gasteiger partial charge >= 0.3 is 0 Å². The number of anilines is 2. The predicted molar refractivity (Wildman–Crippen MR) is 97.2 cm³/mol. The zero-order valence-electron chi connectivity index (χ0n) is 13.1. The second-order valence-corrected chi connectivity index (χ2v) is 5.63. The van der Waals surface area contributed by atoms with Crippen molar-refractivity contribution in [2.45, 2.75) is 18.9 Å². The van der Waals surface area contributed by atoms with Gasteiger partial charge in [-0.2, -0.15) is 5.26 Å². The molecule has 1 aliphatic rings. The molecule has 0 aliphatic carbocycles. The summed E-state index contributed by atoms with van der Waals surface area (Å²) in [7, 11) is 0. The lowest BCUT2D eigenvalue weighted by Crippen LogP contribution is -2.38. The molecule has 0 saturated carbocycles. The lowest BCUT2D eigenvalue weighted by molar-refractivity contribution is 0.477. The molecule has 0 spiro atoms. The number of benzene rings is 1. The van der Waals surface area contributed by atoms with E-state index in [1.165, 1.54) is 0 Å². The number of piperidine rings is 1. The molecule has 1 aromatic carbocycles. The Hall–Kier alpha value is -2.49. The zero-order chi connectivity index (χ0) is 16.2. The lowest BCUT2D eigenvalue weighted by atomic mass is 10.0. The van der Waals surface area contributed by atoms with E-state index >= 15 is 0 Å². The molecule has 2 heterocycles. The summed E-state index contributed by atoms with van der Waals surface area (Å²) in [5.74, 6) is 0.300. The third-order valence-electron chi connectivity index (χ3n) is 4.00. The fourth-order valence-corrected chi connectivity index (χ4v) is 2.82. The third kappa shape index (κ3) is 3.70. The van der Waals surface area contributed by atoms with E-state index < -0.39 is 0 Å². The van der Waals surface area contributed by atoms with Crippen LogP contribution >= 0.6 is 12.4 Å². The monoisotopic (exact) mass is 345 g/mol. The lowest BCUT2D eigenvalue weighted by Gasteiger charge is -2.25. The van der Waals surface area contributed by atoms with Crippen molar-refractivity contribution in [1.29, 1.82) is 5.26 Å². The highest BCUT2D eigenvalue weighted by Crippen LogP contribution is 2.32. The number of halogens is 1. The van der Waals surface area contributed by atoms with E-state index in [0.717, 1.165) is 25.9 Å². The molecule has 1 fully saturated rings. The Bertz CT molecular complexity index is 753. The maximum atomic E-state index is 10.0. The number of pyridine rings is 1. The molecule has 1 saturated heterocycles. The van der Waals surface area contributed by atoms with Crippen LogP contribution in [0.5, 0.6) is 5.75 Å². The van der Waals surface area contributed by atoms with E-state index in [2.05, 4.69) is 21.7 Å². The predicted octanol–water partition coefficient (Wildman–Crippen LogP) is 2.49. The van der Waals surface area contributed by atoms with Crippen LogP contribution in [0.25, 0.3) is 11.3 Å². The van der Waals surface area contributed by atoms with Crippen LogP contribution in [0.2, 0.25) is 0 Å². The van der Waals surface area contributed by atoms with Crippen molar-refractivity contribution in [3.05, 3.63) is 35.9 Å². The smallest absolute Gasteiger partial charge is 0.144 e. The van der Waals surface area contributed by atoms with Gasteiger partial charge in [0.05, 0.1) is 11.4 Å². The molecule has 0 amide bonds. The van der Waals surface area contributed by atoms with E-state index in [1.54, 1.807) is 24.3 Å². The molecular weight excluding hydrogens is 326 g/mol. The number of nitriles is 1. The number of nitrogens with two attached hydrogens (primary N) is 1. The van der Waals surface area contributed by atoms with Crippen LogP contribution in [0, 0.1) is 11.3 Å². The van der Waals surface area contributed by atoms with E-state index in [1.807, 2.05) is 6.07 Å². The molecule has 0 radical (unpaired) electrons. The van der Waals surface area contributed by atoms with Crippen molar-refractivity contribution >= 4 is 23.9 Å². The average molecular weight is 346 g/mol. The minimum atomic E-state index is 0. The summed E-state index contributed by atoms with van der Waals surface area (Å²) in [5, 5.41) is 26.1. The van der Waals surface area contributed by atoms with Gasteiger partial charge in [0.2, 0.25) is 0 Å². The largest absolute Gasteiger partial charge is 0.507 e. The quantitative estimate of drug-likeness (QED) is 0.681. The molecule has 24 heavy (non-hydrogen) atoms. The molecule has 5 N–H and O–H groups in total. The molecule has 1 unspecified atom stereocenters. The second-order valence-electron chi connectivity index (χ2n) is 5.63. The molecule has 1 aliphatic heterocycles. The average Bonchev–Trinajstić information content (AvgIpc) is 2.56. The summed E-state index contributed by atoms with van der Waals surface area (Å²) in [6.45, 7) is 1.87. The number of hydrogen-bond donors (Lipinski definition) is 4. The van der Waals surface area contributed by atoms with Crippen LogP contribution in [0.4, 0.5) is 11.5 Å². The molecule has 1 aromatic heterocycles. The first-order valence-corrected chi connectivity index (χ1v) is 7.65. The normalized spacial score (nSPS) is 16.7. The summed E-state index contributed by atoms with van der Waals surface area (Å²) >= 11 is 0. The van der Waals surface area contributed by atoms with Gasteiger partial charge in [-0.3, -0.25) is 0 Å². The Balaban J connectivity index is 0.00000208. The number of rotatable bonds is 3. The van der Waals surface area contributed by atoms with E-state index in [-0.39, 0.29) is 30.0 Å². The maximum absolute atomic E-state index is 10.0. The van der Waals surface area contributed by atoms with Gasteiger partial charge < -0.3 is 21.5 Å². The fraction of sp³-hybridized carbons (Fsp3) is 0.294. The summed E-state index contributed by atoms with van der Waals surface area (Å²) in [4.78, 5) is 4.27. The van der Waals surface area contributed by atoms with E-state index in [4.69, 9.17) is 5.73 Å². The van der Waals surface area contributed by atoms with Crippen molar-refractivity contribution in [3.63, 3.8) is 0 Å². The van der Waals surface area contributed by atoms with Crippen molar-refractivity contribution < 1.29 is 5.11 Å². The molecule has 126 valence electrons. The molecule has 3 rings (SSSR count). The number of para-hydroxylation sites is 1. The van der Waals surface area contributed by atoms with Gasteiger partial charge in [0, 0.05) is 18.2 Å². The first-order valence-electron chi connectivity index (χ1n) is 7.65. The van der Waals surface area contributed by atoms with Gasteiger partial charge in [0.25, 0.3) is 0 Å². The number of phenolic OH excluding ortho intramolecular Hbond substituents is 1. The van der Waals surface area contributed by atoms with Crippen molar-refractivity contribution in [2.24, 2.45) is 0 Å². The minimum absolute atomic E-state index is 0. The van der Waals surface area contributed by atoms with Crippen LogP contribution in [-0.2, 0) is 0 Å². The summed E-state index contributed by atoms with van der Waals surface area (Å²) < 4.78 is 0. The first-order chi connectivity index (χ1) is 11.2. The Kier molecular flexibility index (Phi) is 5.85. The molecule has 2 aromatic rings. The number of aromatic hydroxyl groups is 1. The Morgan fingerprint density at radius 2 is 2.17 bits per heavy atom. The minimum Gasteiger partial charge on any atom is -0.507 e. The molecule has 6 nitrogen and oxygen atoms in total. The molecule has 1 atom stereocenters. The topological polar surface area (TPSA) is 107 Å². The van der Waals surface area contributed by atoms with Gasteiger partial charge in [-0.15, -0.1) is 12.4 Å². The van der Waals surface area contributed by atoms with Gasteiger partial charge in [-0.05, 0) is 37.6 Å². The van der Waals surface area contributed by atoms with E-state index in [0.29, 0.717) is 22.5 Å². The van der Waals surface area contributed by atoms with E-state index in [9.17, 15) is 10.4 Å². The van der Waals surface area contributed by atoms with Gasteiger partial charge in [0.15, 0.2) is 0 Å². The maximum Gasteiger partial charge on any atom is 0.144 e. The van der Waals surface area contributed by atoms with Gasteiger partial charge in [-0.25, -0.2) is 4.98 Å². The van der Waals surface area contributed by atoms with Crippen LogP contribution in [0.1, 0.15) is 18.4 Å². The molecular formula is C17H20ClN5O. The first kappa shape index (κ1) is 17.9. The Morgan fingerprint density at radius 1 is 1.38 bits per heavy atom. The number of phenols is 1. The highest BCUT2D eigenvalue weighted by Gasteiger charge is 2.18. The van der Waals surface area contributed by atoms with Crippen molar-refractivity contribution in [3.8, 4) is 23.1 Å². The zero-order valence-corrected chi connectivity index (χ0v) is 13.9. The third-order valence-corrected chi connectivity index (χ3v) is 4.00. The number of nitrogens with zero attached hydrogens (tertiary/aromatic N) is 2. The van der Waals surface area contributed by atoms with Crippen molar-refractivity contribution in [1.82, 2.24) is 10.3 Å². The summed E-state index contributed by atoms with van der Waals surface area (Å²) in [6.07, 6.45) is 2.12. The summed E-state index contributed by atoms with van der Waals surface area (Å²) in [5.41, 5.74) is 8.09. The van der Waals surface area contributed by atoms with Crippen LogP contribution in [0.3, 0.4) is 0 Å². The van der Waals surface area contributed by atoms with Gasteiger partial charge in [-0.1, -0.05) is 12.1 Å². The number of aromatic nitrogens is 1. The Labute approximate surface area is 147 Å². The Morgan fingerprint density at radius 3 is 2.83 bits per heavy atom. The van der Waals surface area contributed by atoms with Crippen molar-refractivity contribution in [2.75, 3.05) is 24.1 Å². The highest BCUT2D eigenvalue weighted by molar-refractivity contribution is 5.85. The van der Waals surface area contributed by atoms with Crippen LogP contribution < -0.4 is 16.4 Å². The summed E-state index contributed by atoms with van der Waals surface area (Å²) in [6, 6.07) is 11.1. The number of hydrogen-bond acceptors (Lipinski definition) is 6. The van der Waals surface area contributed by atoms with Crippen LogP contribution in [-0.4, -0.2) is 29.2 Å². The van der Waals surface area contributed by atoms with Crippen LogP contribution in [0.15, 0.2) is 30.3 Å². The SMILES string of the molecule is Cl.N#Cc1c(NC2CCCNC2)cc(-c2ccccc2O)nc1N. The standard InChI is InChI=1S/C17H19N5O.ClH/c18-9-13-15(21-11-4-3-7-20-10-11)8-14(22-17(13)19)12-5-1-2-6-16(12)23;/h1-2,5-6,8,11,20,23H,3-4,7,10H2,(H3,19,21,22);1H. The van der Waals surface area contributed by atoms with Gasteiger partial charge in [0.1, 0.15) is 23.2 Å². The molecule has 7 heteroatoms. The fourth-order valence-electron chi connectivity index (χ4n) is 2.82. The molecule has 0 bridgehead atoms. The highest BCUT2D eigenvalue weighted by atomic mass is 35.5. The number of nitrogens with one attached hydrogen (secondary N) is 2. The second kappa shape index (κ2) is 7.86. The number of nitrogen functional groups attached to an aromatic ring is 1.